The molecule has 0 fully saturated rings. The lowest BCUT2D eigenvalue weighted by atomic mass is 9.69. The van der Waals surface area contributed by atoms with Gasteiger partial charge in [-0.3, -0.25) is 0 Å². The third-order valence-electron chi connectivity index (χ3n) is 12.7. The summed E-state index contributed by atoms with van der Waals surface area (Å²) < 4.78 is 9.25. The molecule has 2 atom stereocenters. The maximum Gasteiger partial charge on any atom is 0.138 e. The van der Waals surface area contributed by atoms with Crippen molar-refractivity contribution in [2.75, 3.05) is 4.90 Å². The van der Waals surface area contributed by atoms with E-state index < -0.39 is 5.60 Å². The largest absolute Gasteiger partial charge is 0.481 e. The van der Waals surface area contributed by atoms with Crippen molar-refractivity contribution in [1.29, 1.82) is 0 Å². The monoisotopic (exact) mass is 758 g/mol. The van der Waals surface area contributed by atoms with Gasteiger partial charge in [-0.05, 0) is 114 Å². The molecule has 1 aliphatic heterocycles. The Morgan fingerprint density at radius 1 is 0.441 bits per heavy atom. The number of nitrogens with zero attached hydrogens (tertiary/aromatic N) is 2. The van der Waals surface area contributed by atoms with Crippen LogP contribution in [0.1, 0.15) is 19.4 Å². The standard InChI is InChI=1S/C56H42N2O/c1-55-35-11-12-36-56(55,2)59-54-48(22-14-23-51(54)55)43-17-13-20-47(37-43)57(45-30-25-40(26-31-45)39-15-5-3-6-16-39)46-32-27-41(28-33-46)42-29-34-53-50(38-42)49-21-9-10-24-52(49)58(53)44-18-7-4-8-19-44/h3-38H,1-2H3. The maximum absolute atomic E-state index is 6.89. The number of anilines is 3. The molecule has 8 aromatic carbocycles. The van der Waals surface area contributed by atoms with E-state index in [9.17, 15) is 0 Å². The van der Waals surface area contributed by atoms with Crippen molar-refractivity contribution in [2.24, 2.45) is 0 Å². The third kappa shape index (κ3) is 5.65. The number of rotatable bonds is 7. The number of ether oxygens (including phenoxy) is 1. The van der Waals surface area contributed by atoms with Crippen LogP contribution in [0.5, 0.6) is 5.75 Å². The van der Waals surface area contributed by atoms with E-state index in [1.54, 1.807) is 0 Å². The van der Waals surface area contributed by atoms with Gasteiger partial charge in [0.2, 0.25) is 0 Å². The zero-order chi connectivity index (χ0) is 39.6. The Bertz CT molecular complexity index is 3090. The van der Waals surface area contributed by atoms with Crippen molar-refractivity contribution in [1.82, 2.24) is 4.57 Å². The molecule has 0 N–H and O–H groups in total. The van der Waals surface area contributed by atoms with E-state index in [0.717, 1.165) is 39.6 Å². The van der Waals surface area contributed by atoms with Gasteiger partial charge in [0.05, 0.1) is 16.4 Å². The van der Waals surface area contributed by atoms with Crippen LogP contribution >= 0.6 is 0 Å². The molecule has 9 aromatic rings. The molecule has 2 aliphatic rings. The van der Waals surface area contributed by atoms with Gasteiger partial charge in [0, 0.05) is 44.6 Å². The number of hydrogen-bond acceptors (Lipinski definition) is 2. The van der Waals surface area contributed by atoms with Crippen molar-refractivity contribution in [3.63, 3.8) is 0 Å². The molecule has 0 amide bonds. The van der Waals surface area contributed by atoms with Crippen LogP contribution in [0, 0.1) is 0 Å². The molecule has 1 aromatic heterocycles. The minimum absolute atomic E-state index is 0.248. The highest BCUT2D eigenvalue weighted by Crippen LogP contribution is 2.55. The first-order valence-electron chi connectivity index (χ1n) is 20.4. The highest BCUT2D eigenvalue weighted by molar-refractivity contribution is 6.10. The van der Waals surface area contributed by atoms with Crippen LogP contribution in [-0.4, -0.2) is 10.2 Å². The second-order valence-electron chi connectivity index (χ2n) is 16.1. The van der Waals surface area contributed by atoms with Crippen molar-refractivity contribution in [3.8, 4) is 44.8 Å². The Morgan fingerprint density at radius 3 is 1.80 bits per heavy atom. The molecule has 2 unspecified atom stereocenters. The Labute approximate surface area is 345 Å². The topological polar surface area (TPSA) is 17.4 Å². The van der Waals surface area contributed by atoms with E-state index in [0.29, 0.717) is 0 Å². The minimum atomic E-state index is -0.449. The maximum atomic E-state index is 6.89. The molecule has 0 saturated carbocycles. The van der Waals surface area contributed by atoms with Crippen LogP contribution in [0.4, 0.5) is 17.1 Å². The van der Waals surface area contributed by atoms with E-state index >= 15 is 0 Å². The van der Waals surface area contributed by atoms with Crippen LogP contribution in [0.3, 0.4) is 0 Å². The summed E-state index contributed by atoms with van der Waals surface area (Å²) in [6.07, 6.45) is 8.72. The van der Waals surface area contributed by atoms with Crippen molar-refractivity contribution >= 4 is 38.9 Å². The number of hydrogen-bond donors (Lipinski definition) is 0. The van der Waals surface area contributed by atoms with Crippen LogP contribution in [0.2, 0.25) is 0 Å². The molecule has 0 bridgehead atoms. The fourth-order valence-corrected chi connectivity index (χ4v) is 9.32. The van der Waals surface area contributed by atoms with Crippen LogP contribution < -0.4 is 9.64 Å². The molecule has 282 valence electrons. The van der Waals surface area contributed by atoms with Gasteiger partial charge in [-0.2, -0.15) is 0 Å². The van der Waals surface area contributed by atoms with Gasteiger partial charge in [0.15, 0.2) is 0 Å². The van der Waals surface area contributed by atoms with Crippen molar-refractivity contribution in [3.05, 3.63) is 224 Å². The van der Waals surface area contributed by atoms with Crippen LogP contribution in [0.25, 0.3) is 60.9 Å². The van der Waals surface area contributed by atoms with E-state index in [2.05, 4.69) is 242 Å². The molecular formula is C56H42N2O. The molecule has 3 heteroatoms. The van der Waals surface area contributed by atoms with Crippen LogP contribution in [0.15, 0.2) is 218 Å². The SMILES string of the molecule is CC12C=CC=CC1(C)c1cccc(-c3cccc(N(c4ccc(-c5ccccc5)cc4)c4ccc(-c5ccc6c(c5)c5ccccc5n6-c5ccccc5)cc4)c3)c1O2. The quantitative estimate of drug-likeness (QED) is 0.161. The average molecular weight is 759 g/mol. The number of aromatic nitrogens is 1. The number of allylic oxidation sites excluding steroid dienone is 2. The predicted octanol–water partition coefficient (Wildman–Crippen LogP) is 14.8. The van der Waals surface area contributed by atoms with Gasteiger partial charge in [-0.15, -0.1) is 0 Å². The van der Waals surface area contributed by atoms with E-state index in [1.807, 2.05) is 0 Å². The zero-order valence-electron chi connectivity index (χ0n) is 33.1. The summed E-state index contributed by atoms with van der Waals surface area (Å²) >= 11 is 0. The fraction of sp³-hybridized carbons (Fsp3) is 0.0714. The number of fused-ring (bicyclic) bond motifs is 6. The molecule has 1 aliphatic carbocycles. The number of benzene rings is 8. The minimum Gasteiger partial charge on any atom is -0.481 e. The summed E-state index contributed by atoms with van der Waals surface area (Å²) in [6, 6.07) is 70.1. The molecule has 2 heterocycles. The van der Waals surface area contributed by atoms with Gasteiger partial charge in [0.1, 0.15) is 11.4 Å². The van der Waals surface area contributed by atoms with Gasteiger partial charge in [0.25, 0.3) is 0 Å². The average Bonchev–Trinajstić information content (AvgIpc) is 3.75. The predicted molar refractivity (Wildman–Crippen MR) is 246 cm³/mol. The fourth-order valence-electron chi connectivity index (χ4n) is 9.32. The Hall–Kier alpha value is -7.36. The second kappa shape index (κ2) is 13.6. The molecule has 0 saturated heterocycles. The van der Waals surface area contributed by atoms with Gasteiger partial charge in [-0.25, -0.2) is 0 Å². The Morgan fingerprint density at radius 2 is 1.03 bits per heavy atom. The summed E-state index contributed by atoms with van der Waals surface area (Å²) in [6.45, 7) is 4.48. The molecule has 11 rings (SSSR count). The Kier molecular flexibility index (Phi) is 8.06. The molecule has 59 heavy (non-hydrogen) atoms. The van der Waals surface area contributed by atoms with Crippen molar-refractivity contribution < 1.29 is 4.74 Å². The Balaban J connectivity index is 1.00. The lowest BCUT2D eigenvalue weighted by Gasteiger charge is -2.37. The summed E-state index contributed by atoms with van der Waals surface area (Å²) in [5.74, 6) is 0.956. The lowest BCUT2D eigenvalue weighted by molar-refractivity contribution is 0.115. The van der Waals surface area contributed by atoms with E-state index in [1.165, 1.54) is 49.6 Å². The summed E-state index contributed by atoms with van der Waals surface area (Å²) in [7, 11) is 0. The van der Waals surface area contributed by atoms with Gasteiger partial charge < -0.3 is 14.2 Å². The first-order chi connectivity index (χ1) is 29.0. The number of para-hydroxylation sites is 3. The normalized spacial score (nSPS) is 17.8. The van der Waals surface area contributed by atoms with E-state index in [-0.39, 0.29) is 5.41 Å². The summed E-state index contributed by atoms with van der Waals surface area (Å²) in [4.78, 5) is 2.36. The smallest absolute Gasteiger partial charge is 0.138 e. The van der Waals surface area contributed by atoms with Crippen molar-refractivity contribution in [2.45, 2.75) is 24.9 Å². The van der Waals surface area contributed by atoms with E-state index in [4.69, 9.17) is 4.74 Å². The molecule has 3 nitrogen and oxygen atoms in total. The highest BCUT2D eigenvalue weighted by Gasteiger charge is 2.52. The third-order valence-corrected chi connectivity index (χ3v) is 12.7. The second-order valence-corrected chi connectivity index (χ2v) is 16.1. The zero-order valence-corrected chi connectivity index (χ0v) is 33.1. The molecule has 0 radical (unpaired) electrons. The van der Waals surface area contributed by atoms with Gasteiger partial charge >= 0.3 is 0 Å². The molecular weight excluding hydrogens is 717 g/mol. The first kappa shape index (κ1) is 34.9. The lowest BCUT2D eigenvalue weighted by Crippen LogP contribution is -2.45. The summed E-state index contributed by atoms with van der Waals surface area (Å²) in [5, 5.41) is 2.49. The molecule has 0 spiro atoms. The van der Waals surface area contributed by atoms with Gasteiger partial charge in [-0.1, -0.05) is 146 Å². The first-order valence-corrected chi connectivity index (χ1v) is 20.4. The summed E-state index contributed by atoms with van der Waals surface area (Å²) in [5.41, 5.74) is 14.3. The highest BCUT2D eigenvalue weighted by atomic mass is 16.5. The van der Waals surface area contributed by atoms with Crippen LogP contribution in [-0.2, 0) is 5.41 Å².